The van der Waals surface area contributed by atoms with Crippen LogP contribution in [0.2, 0.25) is 0 Å². The lowest BCUT2D eigenvalue weighted by Gasteiger charge is -2.20. The fourth-order valence-electron chi connectivity index (χ4n) is 4.03. The molecule has 2 aliphatic heterocycles. The summed E-state index contributed by atoms with van der Waals surface area (Å²) in [6, 6.07) is 13.2. The fraction of sp³-hybridized carbons (Fsp3) is 0.348. The van der Waals surface area contributed by atoms with E-state index < -0.39 is 0 Å². The first-order valence-electron chi connectivity index (χ1n) is 10.0. The lowest BCUT2D eigenvalue weighted by atomic mass is 10.1. The molecule has 2 aromatic rings. The molecule has 3 amide bonds. The average molecular weight is 391 g/mol. The van der Waals surface area contributed by atoms with Crippen LogP contribution < -0.4 is 15.1 Å². The number of carbonyl (C=O) groups excluding carboxylic acids is 3. The van der Waals surface area contributed by atoms with Gasteiger partial charge in [-0.15, -0.1) is 0 Å². The van der Waals surface area contributed by atoms with Crippen molar-refractivity contribution in [3.05, 3.63) is 53.6 Å². The zero-order valence-electron chi connectivity index (χ0n) is 16.8. The Hall–Kier alpha value is -3.15. The standard InChI is InChI=1S/C23H25N3O3/c1-15-5-3-6-20(16(15)2)26-14-17(13-22(26)28)23(29)24-18-8-10-19(11-9-18)25-12-4-7-21(25)27/h3,5-6,8-11,17H,4,7,12-14H2,1-2H3,(H,24,29). The van der Waals surface area contributed by atoms with Crippen LogP contribution in [0.4, 0.5) is 17.1 Å². The third kappa shape index (κ3) is 3.75. The summed E-state index contributed by atoms with van der Waals surface area (Å²) >= 11 is 0. The largest absolute Gasteiger partial charge is 0.326 e. The van der Waals surface area contributed by atoms with Gasteiger partial charge >= 0.3 is 0 Å². The van der Waals surface area contributed by atoms with Crippen molar-refractivity contribution < 1.29 is 14.4 Å². The van der Waals surface area contributed by atoms with Crippen molar-refractivity contribution in [2.75, 3.05) is 28.2 Å². The first-order chi connectivity index (χ1) is 13.9. The van der Waals surface area contributed by atoms with Crippen LogP contribution in [0.1, 0.15) is 30.4 Å². The van der Waals surface area contributed by atoms with E-state index >= 15 is 0 Å². The Kier molecular flexibility index (Phi) is 5.09. The van der Waals surface area contributed by atoms with Crippen LogP contribution in [0.3, 0.4) is 0 Å². The Morgan fingerprint density at radius 2 is 1.76 bits per heavy atom. The highest BCUT2D eigenvalue weighted by Crippen LogP contribution is 2.30. The molecule has 6 heteroatoms. The molecule has 2 saturated heterocycles. The molecule has 4 rings (SSSR count). The molecule has 2 aliphatic rings. The number of carbonyl (C=O) groups is 3. The zero-order valence-corrected chi connectivity index (χ0v) is 16.8. The van der Waals surface area contributed by atoms with E-state index in [1.807, 2.05) is 44.2 Å². The summed E-state index contributed by atoms with van der Waals surface area (Å²) < 4.78 is 0. The van der Waals surface area contributed by atoms with E-state index in [2.05, 4.69) is 5.32 Å². The van der Waals surface area contributed by atoms with Gasteiger partial charge in [-0.2, -0.15) is 0 Å². The second-order valence-corrected chi connectivity index (χ2v) is 7.81. The number of anilines is 3. The van der Waals surface area contributed by atoms with Crippen LogP contribution in [-0.2, 0) is 14.4 Å². The van der Waals surface area contributed by atoms with Crippen LogP contribution in [-0.4, -0.2) is 30.8 Å². The molecule has 1 unspecified atom stereocenters. The molecule has 0 radical (unpaired) electrons. The van der Waals surface area contributed by atoms with Crippen LogP contribution in [0.25, 0.3) is 0 Å². The molecule has 29 heavy (non-hydrogen) atoms. The lowest BCUT2D eigenvalue weighted by molar-refractivity contribution is -0.122. The monoisotopic (exact) mass is 391 g/mol. The maximum Gasteiger partial charge on any atom is 0.229 e. The van der Waals surface area contributed by atoms with Crippen LogP contribution in [0.15, 0.2) is 42.5 Å². The Balaban J connectivity index is 1.42. The van der Waals surface area contributed by atoms with Crippen molar-refractivity contribution in [2.45, 2.75) is 33.1 Å². The number of hydrogen-bond acceptors (Lipinski definition) is 3. The molecule has 1 atom stereocenters. The van der Waals surface area contributed by atoms with E-state index in [1.54, 1.807) is 21.9 Å². The van der Waals surface area contributed by atoms with E-state index in [0.29, 0.717) is 18.7 Å². The Morgan fingerprint density at radius 1 is 1.00 bits per heavy atom. The molecular weight excluding hydrogens is 366 g/mol. The lowest BCUT2D eigenvalue weighted by Crippen LogP contribution is -2.28. The molecule has 1 N–H and O–H groups in total. The summed E-state index contributed by atoms with van der Waals surface area (Å²) in [6.45, 7) is 5.14. The van der Waals surface area contributed by atoms with Crippen molar-refractivity contribution in [1.29, 1.82) is 0 Å². The van der Waals surface area contributed by atoms with Crippen molar-refractivity contribution in [1.82, 2.24) is 0 Å². The molecule has 6 nitrogen and oxygen atoms in total. The fourth-order valence-corrected chi connectivity index (χ4v) is 4.03. The molecule has 2 heterocycles. The van der Waals surface area contributed by atoms with Crippen molar-refractivity contribution in [3.63, 3.8) is 0 Å². The summed E-state index contributed by atoms with van der Waals surface area (Å²) in [6.07, 6.45) is 1.68. The van der Waals surface area contributed by atoms with Gasteiger partial charge in [0.2, 0.25) is 17.7 Å². The SMILES string of the molecule is Cc1cccc(N2CC(C(=O)Nc3ccc(N4CCCC4=O)cc3)CC2=O)c1C. The second-order valence-electron chi connectivity index (χ2n) is 7.81. The summed E-state index contributed by atoms with van der Waals surface area (Å²) in [5.74, 6) is -0.432. The number of hydrogen-bond donors (Lipinski definition) is 1. The summed E-state index contributed by atoms with van der Waals surface area (Å²) in [4.78, 5) is 40.6. The van der Waals surface area contributed by atoms with E-state index in [4.69, 9.17) is 0 Å². The van der Waals surface area contributed by atoms with Gasteiger partial charge in [-0.3, -0.25) is 14.4 Å². The van der Waals surface area contributed by atoms with Gasteiger partial charge < -0.3 is 15.1 Å². The third-order valence-electron chi connectivity index (χ3n) is 5.88. The number of aryl methyl sites for hydroxylation is 1. The minimum absolute atomic E-state index is 0.0262. The maximum absolute atomic E-state index is 12.7. The smallest absolute Gasteiger partial charge is 0.229 e. The van der Waals surface area contributed by atoms with Crippen molar-refractivity contribution >= 4 is 34.8 Å². The molecular formula is C23H25N3O3. The minimum atomic E-state index is -0.387. The molecule has 2 aromatic carbocycles. The van der Waals surface area contributed by atoms with E-state index in [1.165, 1.54) is 0 Å². The number of nitrogens with zero attached hydrogens (tertiary/aromatic N) is 2. The van der Waals surface area contributed by atoms with E-state index in [9.17, 15) is 14.4 Å². The topological polar surface area (TPSA) is 69.7 Å². The van der Waals surface area contributed by atoms with Crippen molar-refractivity contribution in [3.8, 4) is 0 Å². The molecule has 0 bridgehead atoms. The highest BCUT2D eigenvalue weighted by molar-refractivity contribution is 6.04. The number of amides is 3. The molecule has 0 aromatic heterocycles. The third-order valence-corrected chi connectivity index (χ3v) is 5.88. The van der Waals surface area contributed by atoms with Gasteiger partial charge in [-0.25, -0.2) is 0 Å². The van der Waals surface area contributed by atoms with Crippen LogP contribution >= 0.6 is 0 Å². The highest BCUT2D eigenvalue weighted by Gasteiger charge is 2.35. The normalized spacial score (nSPS) is 19.2. The Labute approximate surface area is 170 Å². The second kappa shape index (κ2) is 7.70. The molecule has 0 spiro atoms. The van der Waals surface area contributed by atoms with Gasteiger partial charge in [-0.05, 0) is 61.7 Å². The average Bonchev–Trinajstić information content (AvgIpc) is 3.30. The van der Waals surface area contributed by atoms with Gasteiger partial charge in [0.1, 0.15) is 0 Å². The van der Waals surface area contributed by atoms with E-state index in [-0.39, 0.29) is 30.1 Å². The van der Waals surface area contributed by atoms with E-state index in [0.717, 1.165) is 35.5 Å². The summed E-state index contributed by atoms with van der Waals surface area (Å²) in [7, 11) is 0. The number of rotatable bonds is 4. The summed E-state index contributed by atoms with van der Waals surface area (Å²) in [5.41, 5.74) is 4.59. The predicted molar refractivity (Wildman–Crippen MR) is 113 cm³/mol. The maximum atomic E-state index is 12.7. The van der Waals surface area contributed by atoms with Gasteiger partial charge in [0.25, 0.3) is 0 Å². The Bertz CT molecular complexity index is 968. The van der Waals surface area contributed by atoms with Crippen LogP contribution in [0.5, 0.6) is 0 Å². The van der Waals surface area contributed by atoms with Gasteiger partial charge in [0.05, 0.1) is 5.92 Å². The quantitative estimate of drug-likeness (QED) is 0.868. The zero-order chi connectivity index (χ0) is 20.5. The number of benzene rings is 2. The van der Waals surface area contributed by atoms with Gasteiger partial charge in [0, 0.05) is 43.0 Å². The first kappa shape index (κ1) is 19.2. The number of nitrogens with one attached hydrogen (secondary N) is 1. The summed E-state index contributed by atoms with van der Waals surface area (Å²) in [5, 5.41) is 2.91. The molecule has 0 saturated carbocycles. The Morgan fingerprint density at radius 3 is 2.45 bits per heavy atom. The highest BCUT2D eigenvalue weighted by atomic mass is 16.2. The molecule has 0 aliphatic carbocycles. The predicted octanol–water partition coefficient (Wildman–Crippen LogP) is 3.42. The minimum Gasteiger partial charge on any atom is -0.326 e. The molecule has 2 fully saturated rings. The first-order valence-corrected chi connectivity index (χ1v) is 10.0. The van der Waals surface area contributed by atoms with Gasteiger partial charge in [-0.1, -0.05) is 12.1 Å². The molecule has 150 valence electrons. The van der Waals surface area contributed by atoms with Crippen LogP contribution in [0, 0.1) is 19.8 Å². The van der Waals surface area contributed by atoms with Gasteiger partial charge in [0.15, 0.2) is 0 Å². The van der Waals surface area contributed by atoms with Crippen molar-refractivity contribution in [2.24, 2.45) is 5.92 Å².